The largest absolute Gasteiger partial charge is 1.00 e. The van der Waals surface area contributed by atoms with Gasteiger partial charge in [-0.1, -0.05) is 255 Å². The van der Waals surface area contributed by atoms with Crippen LogP contribution in [0.25, 0.3) is 0 Å². The van der Waals surface area contributed by atoms with Crippen molar-refractivity contribution in [2.45, 2.75) is 154 Å². The smallest absolute Gasteiger partial charge is 0.211 e. The molecule has 0 N–H and O–H groups in total. The van der Waals surface area contributed by atoms with Gasteiger partial charge in [0, 0.05) is 97.0 Å². The van der Waals surface area contributed by atoms with Gasteiger partial charge in [-0.15, -0.1) is 0 Å². The summed E-state index contributed by atoms with van der Waals surface area (Å²) in [6.07, 6.45) is 15.4. The quantitative estimate of drug-likeness (QED) is 0.0475. The van der Waals surface area contributed by atoms with Gasteiger partial charge in [-0.3, -0.25) is 9.69 Å². The van der Waals surface area contributed by atoms with E-state index in [2.05, 4.69) is 477 Å². The Kier molecular flexibility index (Phi) is 54.8. The fourth-order valence-corrected chi connectivity index (χ4v) is 28.5. The van der Waals surface area contributed by atoms with Crippen molar-refractivity contribution in [2.24, 2.45) is 0 Å². The summed E-state index contributed by atoms with van der Waals surface area (Å²) < 4.78 is 7.54. The van der Waals surface area contributed by atoms with Crippen LogP contribution in [0.5, 0.6) is 0 Å². The number of likely N-dealkylation sites (N-methyl/N-ethyl adjacent to an activating group) is 4. The number of Topliss-reactive ketones (excluding diaryl/α,β-unsaturated/α-hetero) is 1. The van der Waals surface area contributed by atoms with Crippen LogP contribution in [0, 0.1) is 6.92 Å². The van der Waals surface area contributed by atoms with Crippen LogP contribution in [0.2, 0.25) is 0 Å². The third kappa shape index (κ3) is 42.9. The second kappa shape index (κ2) is 66.2. The van der Waals surface area contributed by atoms with Gasteiger partial charge >= 0.3 is 0 Å². The lowest BCUT2D eigenvalue weighted by Crippen LogP contribution is -3.00. The topological polar surface area (TPSA) is 49.0 Å². The highest BCUT2D eigenvalue weighted by molar-refractivity contribution is 7.98. The van der Waals surface area contributed by atoms with Crippen molar-refractivity contribution in [3.05, 3.63) is 399 Å². The van der Waals surface area contributed by atoms with Crippen molar-refractivity contribution in [3.63, 3.8) is 0 Å². The first-order chi connectivity index (χ1) is 68.6. The van der Waals surface area contributed by atoms with E-state index in [0.29, 0.717) is 22.8 Å². The van der Waals surface area contributed by atoms with Crippen molar-refractivity contribution in [1.29, 1.82) is 0 Å². The number of halogens is 2. The van der Waals surface area contributed by atoms with Gasteiger partial charge in [0.05, 0.1) is 104 Å². The summed E-state index contributed by atoms with van der Waals surface area (Å²) in [4.78, 5) is 45.2. The molecule has 7 fully saturated rings. The van der Waals surface area contributed by atoms with Crippen LogP contribution in [0.15, 0.2) is 447 Å². The molecular formula is C125H166Br2N9O2S5+5. The molecule has 0 atom stereocenters. The van der Waals surface area contributed by atoms with Crippen LogP contribution in [0.3, 0.4) is 0 Å². The molecule has 13 aromatic carbocycles. The van der Waals surface area contributed by atoms with Gasteiger partial charge in [0.15, 0.2) is 64.5 Å². The molecule has 0 aromatic heterocycles. The predicted molar refractivity (Wildman–Crippen MR) is 609 cm³/mol. The minimum absolute atomic E-state index is 0. The fraction of sp³-hybridized carbons (Fsp3) is 0.368. The molecule has 7 aliphatic rings. The summed E-state index contributed by atoms with van der Waals surface area (Å²) in [5.74, 6) is 3.66. The lowest BCUT2D eigenvalue weighted by Gasteiger charge is -2.39. The molecule has 762 valence electrons. The normalized spacial score (nSPS) is 16.7. The molecule has 7 heterocycles. The van der Waals surface area contributed by atoms with Crippen LogP contribution in [0.1, 0.15) is 86.6 Å². The minimum Gasteiger partial charge on any atom is -1.00 e. The highest BCUT2D eigenvalue weighted by atomic mass is 79.9. The standard InChI is InChI=1S/C19H17S.3C18H15S.C12H15OS.C11H22N2.C9H21N2.C7H17N2.C7H15NO.C6H14N2.2BrH/c1-16-12-14-19(15-13-16)20(17-8-4-2-5-9-17)18-10-6-3-7-11-18;3*1-4-10-16(11-5-1)19(17-12-6-2-7-13-17)18-14-8-3-9-15-18;13-12(10-14-8-4-5-9-14)11-6-2-1-3-7-11;1-12-9-5-11(6-10-12)13-7-3-2-4-8-13;1-10-7-5-9(6-8-10)11(2,3)4;1-8-4-6-9(2,3)7-5-8;1-8-5-3-7(9-2)4-6-8;1-7-3-5-8(2)6-4-7;;/h2-15H,1H3;3*1-15H;1-3,6-7H,4-5,8-10H2;11H,2-10H2,1H3;9H,5-8H2,1-4H3;4-7H2,1-3H3;7H,3-6H2,1-2H3;3-6H2,1-2H3;2*1H/q5*+1;;2*+1;;;;/p-2. The third-order valence-electron chi connectivity index (χ3n) is 26.9. The second-order valence-electron chi connectivity index (χ2n) is 39.5. The number of quaternary nitrogens is 2. The number of carbonyl (C=O) groups is 1. The molecule has 7 saturated heterocycles. The molecule has 7 aliphatic heterocycles. The molecule has 0 radical (unpaired) electrons. The van der Waals surface area contributed by atoms with Gasteiger partial charge < -0.3 is 77.1 Å². The first-order valence-electron chi connectivity index (χ1n) is 51.5. The number of ketones is 1. The monoisotopic (exact) mass is 2140 g/mol. The van der Waals surface area contributed by atoms with Gasteiger partial charge in [-0.2, -0.15) is 0 Å². The molecule has 143 heavy (non-hydrogen) atoms. The number of likely N-dealkylation sites (tertiary alicyclic amines) is 4. The fourth-order valence-electron chi connectivity index (χ4n) is 17.8. The molecular weight excluding hydrogens is 1980 g/mol. The van der Waals surface area contributed by atoms with E-state index in [1.165, 1.54) is 256 Å². The highest BCUT2D eigenvalue weighted by Crippen LogP contribution is 2.36. The van der Waals surface area contributed by atoms with E-state index in [0.717, 1.165) is 27.9 Å². The van der Waals surface area contributed by atoms with Crippen molar-refractivity contribution in [3.8, 4) is 0 Å². The highest BCUT2D eigenvalue weighted by Gasteiger charge is 2.35. The lowest BCUT2D eigenvalue weighted by atomic mass is 10.0. The summed E-state index contributed by atoms with van der Waals surface area (Å²) >= 11 is 0. The lowest BCUT2D eigenvalue weighted by molar-refractivity contribution is -0.897. The maximum absolute atomic E-state index is 11.8. The van der Waals surface area contributed by atoms with Gasteiger partial charge in [0.25, 0.3) is 0 Å². The molecule has 0 amide bonds. The summed E-state index contributed by atoms with van der Waals surface area (Å²) in [6, 6.07) is 138. The molecule has 0 unspecified atom stereocenters. The Labute approximate surface area is 899 Å². The Morgan fingerprint density at radius 3 is 0.783 bits per heavy atom. The maximum Gasteiger partial charge on any atom is 0.211 e. The molecule has 0 saturated carbocycles. The van der Waals surface area contributed by atoms with Crippen molar-refractivity contribution in [2.75, 3.05) is 207 Å². The van der Waals surface area contributed by atoms with Crippen molar-refractivity contribution < 1.29 is 52.5 Å². The van der Waals surface area contributed by atoms with Crippen LogP contribution >= 0.6 is 0 Å². The number of benzene rings is 13. The number of piperidine rings is 4. The Hall–Kier alpha value is -8.16. The zero-order valence-corrected chi connectivity index (χ0v) is 95.3. The average Bonchev–Trinajstić information content (AvgIpc) is 0.979. The summed E-state index contributed by atoms with van der Waals surface area (Å²) in [5, 5.41) is 0. The number of rotatable bonds is 18. The minimum atomic E-state index is -0.0229. The van der Waals surface area contributed by atoms with E-state index in [-0.39, 0.29) is 77.5 Å². The zero-order valence-electron chi connectivity index (χ0n) is 88.0. The van der Waals surface area contributed by atoms with Gasteiger partial charge in [0.1, 0.15) is 11.5 Å². The molecule has 0 aliphatic carbocycles. The average molecular weight is 2150 g/mol. The zero-order chi connectivity index (χ0) is 99.5. The molecule has 20 rings (SSSR count). The number of ether oxygens (including phenoxy) is 1. The van der Waals surface area contributed by atoms with Gasteiger partial charge in [-0.25, -0.2) is 0 Å². The number of aryl methyl sites for hydroxylation is 1. The molecule has 0 spiro atoms. The number of nitrogens with zero attached hydrogens (tertiary/aromatic N) is 9. The number of hydrogen-bond acceptors (Lipinski definition) is 9. The van der Waals surface area contributed by atoms with Crippen LogP contribution < -0.4 is 34.0 Å². The first kappa shape index (κ1) is 118. The van der Waals surface area contributed by atoms with E-state index in [9.17, 15) is 4.79 Å². The van der Waals surface area contributed by atoms with E-state index in [1.54, 1.807) is 7.11 Å². The Morgan fingerprint density at radius 2 is 0.531 bits per heavy atom. The second-order valence-corrected chi connectivity index (χ2v) is 49.9. The van der Waals surface area contributed by atoms with Gasteiger partial charge in [-0.05, 0) is 283 Å². The number of carbonyl (C=O) groups excluding carboxylic acids is 1. The summed E-state index contributed by atoms with van der Waals surface area (Å²) in [7, 11) is 26.8. The predicted octanol–water partition coefficient (Wildman–Crippen LogP) is 18.7. The van der Waals surface area contributed by atoms with Crippen molar-refractivity contribution >= 4 is 60.3 Å². The van der Waals surface area contributed by atoms with E-state index in [1.807, 2.05) is 30.3 Å². The van der Waals surface area contributed by atoms with Crippen LogP contribution in [-0.2, 0) is 59.2 Å². The first-order valence-corrected chi connectivity index (χ1v) is 58.1. The summed E-state index contributed by atoms with van der Waals surface area (Å²) in [5.41, 5.74) is 2.19. The molecule has 13 aromatic rings. The Morgan fingerprint density at radius 1 is 0.301 bits per heavy atom. The SMILES string of the molecule is CN1CCC(N2CCCCC2)CC1.CN1CCC([N+](C)(C)C)CC1.CN1CCN(C)CC1.CN1CC[N+](C)(C)CC1.COC1CCN(C)CC1.Cc1ccc([S+](c2ccccc2)c2ccccc2)cc1.O=C(C[S+]1CCCC1)c1ccccc1.[Br-].[Br-].c1ccc([S+](c2ccccc2)c2ccccc2)cc1.c1ccc([S+](c2ccccc2)c2ccccc2)cc1.c1ccc([S+](c2ccccc2)c2ccccc2)cc1. The van der Waals surface area contributed by atoms with E-state index >= 15 is 0 Å². The van der Waals surface area contributed by atoms with E-state index in [4.69, 9.17) is 4.74 Å². The van der Waals surface area contributed by atoms with E-state index < -0.39 is 0 Å². The number of methoxy groups -OCH3 is 1. The molecule has 18 heteroatoms. The molecule has 11 nitrogen and oxygen atoms in total. The number of piperazine rings is 2. The Bertz CT molecular complexity index is 4780. The number of hydrogen-bond donors (Lipinski definition) is 0. The van der Waals surface area contributed by atoms with Gasteiger partial charge in [0.2, 0.25) is 5.78 Å². The van der Waals surface area contributed by atoms with Crippen molar-refractivity contribution in [1.82, 2.24) is 34.3 Å². The van der Waals surface area contributed by atoms with Crippen LogP contribution in [-0.4, -0.2) is 274 Å². The van der Waals surface area contributed by atoms with Crippen LogP contribution in [0.4, 0.5) is 0 Å². The maximum atomic E-state index is 11.8. The Balaban J connectivity index is 0.000000179. The summed E-state index contributed by atoms with van der Waals surface area (Å²) in [6.45, 7) is 22.5. The molecule has 0 bridgehead atoms. The third-order valence-corrected chi connectivity index (χ3v) is 38.2.